The van der Waals surface area contributed by atoms with E-state index in [1.807, 2.05) is 0 Å². The van der Waals surface area contributed by atoms with Gasteiger partial charge in [-0.1, -0.05) is 6.07 Å². The van der Waals surface area contributed by atoms with Crippen molar-refractivity contribution in [3.8, 4) is 5.88 Å². The standard InChI is InChI=1S/C24H33N7O3S/c1-29(2)17-11-30(12-17)18-13-31-23(34-14-18)21(10-26-31)35(25,33)28-24(32)27-22-19-7-3-5-15(19)9-16-6-4-8-20(16)22/h9-10,17-18H,3-8,11-14H2,1-2H3,(H3,25,27,28,32,33). The van der Waals surface area contributed by atoms with E-state index in [0.717, 1.165) is 57.3 Å². The first kappa shape index (κ1) is 22.8. The zero-order valence-electron chi connectivity index (χ0n) is 20.3. The van der Waals surface area contributed by atoms with E-state index in [0.29, 0.717) is 25.1 Å². The molecule has 0 saturated carbocycles. The average Bonchev–Trinajstić information content (AvgIpc) is 3.50. The van der Waals surface area contributed by atoms with Crippen LogP contribution < -0.4 is 14.8 Å². The van der Waals surface area contributed by atoms with E-state index >= 15 is 0 Å². The normalized spacial score (nSPS) is 23.1. The number of aryl methyl sites for hydroxylation is 2. The molecular formula is C24H33N7O3S. The first-order chi connectivity index (χ1) is 16.8. The number of carbonyl (C=O) groups is 1. The highest BCUT2D eigenvalue weighted by atomic mass is 32.2. The maximum absolute atomic E-state index is 13.3. The van der Waals surface area contributed by atoms with Gasteiger partial charge in [-0.05, 0) is 74.9 Å². The van der Waals surface area contributed by atoms with E-state index in [4.69, 9.17) is 9.52 Å². The fourth-order valence-electron chi connectivity index (χ4n) is 5.88. The van der Waals surface area contributed by atoms with Gasteiger partial charge in [0.25, 0.3) is 0 Å². The second kappa shape index (κ2) is 8.49. The minimum absolute atomic E-state index is 0.115. The Kier molecular flexibility index (Phi) is 5.53. The molecule has 1 aromatic carbocycles. The summed E-state index contributed by atoms with van der Waals surface area (Å²) in [6, 6.07) is 2.41. The van der Waals surface area contributed by atoms with E-state index in [1.165, 1.54) is 28.5 Å². The van der Waals surface area contributed by atoms with E-state index in [2.05, 4.69) is 45.1 Å². The van der Waals surface area contributed by atoms with Crippen molar-refractivity contribution in [1.82, 2.24) is 24.3 Å². The molecule has 0 bridgehead atoms. The summed E-state index contributed by atoms with van der Waals surface area (Å²) in [7, 11) is 0.528. The fraction of sp³-hybridized carbons (Fsp3) is 0.583. The third kappa shape index (κ3) is 3.99. The number of benzene rings is 1. The monoisotopic (exact) mass is 499 g/mol. The molecule has 188 valence electrons. The highest BCUT2D eigenvalue weighted by molar-refractivity contribution is 7.91. The van der Waals surface area contributed by atoms with Gasteiger partial charge in [-0.25, -0.2) is 23.2 Å². The number of aromatic nitrogens is 2. The number of rotatable bonds is 5. The predicted molar refractivity (Wildman–Crippen MR) is 132 cm³/mol. The largest absolute Gasteiger partial charge is 0.475 e. The summed E-state index contributed by atoms with van der Waals surface area (Å²) in [5.41, 5.74) is 5.86. The molecule has 0 radical (unpaired) electrons. The summed E-state index contributed by atoms with van der Waals surface area (Å²) in [6.45, 7) is 3.02. The molecule has 1 fully saturated rings. The zero-order valence-corrected chi connectivity index (χ0v) is 21.1. The van der Waals surface area contributed by atoms with Gasteiger partial charge >= 0.3 is 6.03 Å². The van der Waals surface area contributed by atoms with Crippen molar-refractivity contribution >= 4 is 21.6 Å². The van der Waals surface area contributed by atoms with Crippen molar-refractivity contribution < 1.29 is 13.7 Å². The number of carbonyl (C=O) groups excluding carboxylic acids is 1. The minimum atomic E-state index is -3.65. The van der Waals surface area contributed by atoms with Crippen molar-refractivity contribution in [2.45, 2.75) is 62.0 Å². The highest BCUT2D eigenvalue weighted by Gasteiger charge is 2.38. The number of nitrogens with one attached hydrogen (secondary N) is 3. The summed E-state index contributed by atoms with van der Waals surface area (Å²) in [6.07, 6.45) is 7.49. The van der Waals surface area contributed by atoms with Gasteiger partial charge in [0.15, 0.2) is 9.92 Å². The Bertz CT molecular complexity index is 1250. The number of amides is 2. The van der Waals surface area contributed by atoms with Crippen molar-refractivity contribution in [2.75, 3.05) is 39.1 Å². The van der Waals surface area contributed by atoms with Gasteiger partial charge in [0.05, 0.1) is 18.8 Å². The minimum Gasteiger partial charge on any atom is -0.475 e. The van der Waals surface area contributed by atoms with Crippen molar-refractivity contribution in [3.63, 3.8) is 0 Å². The molecule has 3 heterocycles. The van der Waals surface area contributed by atoms with Crippen molar-refractivity contribution in [2.24, 2.45) is 0 Å². The van der Waals surface area contributed by atoms with Crippen LogP contribution in [0.3, 0.4) is 0 Å². The molecule has 2 aromatic rings. The smallest absolute Gasteiger partial charge is 0.331 e. The lowest BCUT2D eigenvalue weighted by atomic mass is 9.99. The van der Waals surface area contributed by atoms with Gasteiger partial charge in [0, 0.05) is 24.8 Å². The quantitative estimate of drug-likeness (QED) is 0.580. The topological polar surface area (TPSA) is 116 Å². The molecule has 10 nitrogen and oxygen atoms in total. The van der Waals surface area contributed by atoms with Crippen LogP contribution >= 0.6 is 0 Å². The number of likely N-dealkylation sites (N-methyl/N-ethyl adjacent to an activating group) is 1. The Balaban J connectivity index is 1.16. The van der Waals surface area contributed by atoms with Crippen LogP contribution in [0, 0.1) is 4.78 Å². The lowest BCUT2D eigenvalue weighted by Crippen LogP contribution is -2.63. The molecule has 2 aliphatic carbocycles. The number of ether oxygens (including phenoxy) is 1. The fourth-order valence-corrected chi connectivity index (χ4v) is 6.91. The first-order valence-corrected chi connectivity index (χ1v) is 14.0. The summed E-state index contributed by atoms with van der Waals surface area (Å²) in [5, 5.41) is 7.30. The van der Waals surface area contributed by atoms with Crippen molar-refractivity contribution in [1.29, 1.82) is 4.78 Å². The number of hydrogen-bond donors (Lipinski definition) is 3. The summed E-state index contributed by atoms with van der Waals surface area (Å²) in [5.74, 6) is 0.313. The Morgan fingerprint density at radius 1 is 1.14 bits per heavy atom. The van der Waals surface area contributed by atoms with E-state index < -0.39 is 15.9 Å². The first-order valence-electron chi connectivity index (χ1n) is 12.4. The van der Waals surface area contributed by atoms with Gasteiger partial charge in [0.1, 0.15) is 11.5 Å². The molecule has 3 N–H and O–H groups in total. The summed E-state index contributed by atoms with van der Waals surface area (Å²) >= 11 is 0. The summed E-state index contributed by atoms with van der Waals surface area (Å²) in [4.78, 5) is 17.7. The maximum Gasteiger partial charge on any atom is 0.331 e. The lowest BCUT2D eigenvalue weighted by Gasteiger charge is -2.47. The molecular weight excluding hydrogens is 466 g/mol. The van der Waals surface area contributed by atoms with Crippen LogP contribution in [-0.4, -0.2) is 75.7 Å². The molecule has 2 atom stereocenters. The molecule has 11 heteroatoms. The zero-order chi connectivity index (χ0) is 24.3. The Morgan fingerprint density at radius 3 is 2.49 bits per heavy atom. The third-order valence-electron chi connectivity index (χ3n) is 7.95. The highest BCUT2D eigenvalue weighted by Crippen LogP contribution is 2.38. The third-order valence-corrected chi connectivity index (χ3v) is 9.32. The van der Waals surface area contributed by atoms with Crippen molar-refractivity contribution in [3.05, 3.63) is 34.5 Å². The lowest BCUT2D eigenvalue weighted by molar-refractivity contribution is -0.0107. The Morgan fingerprint density at radius 2 is 1.83 bits per heavy atom. The number of nitrogens with zero attached hydrogens (tertiary/aromatic N) is 4. The number of likely N-dealkylation sites (tertiary alicyclic amines) is 1. The van der Waals surface area contributed by atoms with Crippen LogP contribution in [-0.2, 0) is 42.1 Å². The Hall–Kier alpha value is -2.63. The second-order valence-electron chi connectivity index (χ2n) is 10.4. The molecule has 2 unspecified atom stereocenters. The summed E-state index contributed by atoms with van der Waals surface area (Å²) < 4.78 is 31.8. The molecule has 2 aliphatic heterocycles. The number of fused-ring (bicyclic) bond motifs is 3. The van der Waals surface area contributed by atoms with Gasteiger partial charge in [0.2, 0.25) is 5.88 Å². The van der Waals surface area contributed by atoms with Crippen LogP contribution in [0.15, 0.2) is 17.2 Å². The SMILES string of the molecule is CN(C)C1CN(C2COc3c(S(=N)(=O)NC(=O)Nc4c5c(cc6c4CCC6)CCC5)cnn3C2)C1. The second-order valence-corrected chi connectivity index (χ2v) is 12.1. The number of anilines is 1. The molecule has 6 rings (SSSR count). The predicted octanol–water partition coefficient (Wildman–Crippen LogP) is 2.01. The average molecular weight is 500 g/mol. The number of urea groups is 1. The molecule has 0 spiro atoms. The van der Waals surface area contributed by atoms with Crippen LogP contribution in [0.4, 0.5) is 10.5 Å². The Labute approximate surface area is 206 Å². The van der Waals surface area contributed by atoms with Gasteiger partial charge < -0.3 is 15.0 Å². The molecule has 1 saturated heterocycles. The van der Waals surface area contributed by atoms with E-state index in [9.17, 15) is 9.00 Å². The van der Waals surface area contributed by atoms with Gasteiger partial charge in [-0.15, -0.1) is 0 Å². The van der Waals surface area contributed by atoms with Gasteiger partial charge in [-0.3, -0.25) is 4.90 Å². The molecule has 1 aromatic heterocycles. The van der Waals surface area contributed by atoms with E-state index in [1.54, 1.807) is 4.68 Å². The van der Waals surface area contributed by atoms with Crippen LogP contribution in [0.25, 0.3) is 0 Å². The molecule has 35 heavy (non-hydrogen) atoms. The maximum atomic E-state index is 13.3. The number of hydrogen-bond acceptors (Lipinski definition) is 7. The molecule has 4 aliphatic rings. The van der Waals surface area contributed by atoms with Gasteiger partial charge in [-0.2, -0.15) is 5.10 Å². The van der Waals surface area contributed by atoms with E-state index in [-0.39, 0.29) is 10.9 Å². The van der Waals surface area contributed by atoms with Crippen LogP contribution in [0.1, 0.15) is 35.1 Å². The van der Waals surface area contributed by atoms with Crippen LogP contribution in [0.5, 0.6) is 5.88 Å². The van der Waals surface area contributed by atoms with Crippen LogP contribution in [0.2, 0.25) is 0 Å². The molecule has 2 amide bonds.